The number of carbonyl (C=O) groups excluding carboxylic acids is 6. The standard InChI is InChI=1S/C58H88N8O12/c1-33(2)13-12-14-34(3)43-19-20-44-42-18-17-39-27-41(23-25-57(39,7)45(42)24-26-58(43,44)8)77-49(70)30-66-29-40(64-65-66)28-60-48(69)22-21-46(53(59)72)63-54(73)35(4)61-55(74)36(5)76-52-50(62-37(6)68)56(78-47(31-67)51(52)71)75-32-38-15-10-9-11-16-38/h9-11,15-17,29,33-36,41-47,50-52,56,67,71H,12-14,18-28,30-32H2,1-8H3,(H2,59,72)(H,60,69)(H,61,74)(H,62,68)(H,63,73)/t34-,35+,36-,41+,42+,43-,44+,45+,46-,47-,50-,51-,52-,56?,57+,58-/m1/s1. The van der Waals surface area contributed by atoms with Gasteiger partial charge in [-0.25, -0.2) is 4.68 Å². The molecular weight excluding hydrogens is 1000 g/mol. The lowest BCUT2D eigenvalue weighted by molar-refractivity contribution is -0.283. The number of aliphatic hydroxyl groups excluding tert-OH is 2. The highest BCUT2D eigenvalue weighted by Gasteiger charge is 2.59. The number of primary amides is 1. The number of esters is 1. The summed E-state index contributed by atoms with van der Waals surface area (Å²) in [7, 11) is 0. The fourth-order valence-corrected chi connectivity index (χ4v) is 13.9. The number of hydrogen-bond donors (Lipinski definition) is 7. The van der Waals surface area contributed by atoms with Gasteiger partial charge >= 0.3 is 5.97 Å². The van der Waals surface area contributed by atoms with E-state index in [-0.39, 0.29) is 44.1 Å². The summed E-state index contributed by atoms with van der Waals surface area (Å²) in [5, 5.41) is 39.7. The molecule has 16 atom stereocenters. The van der Waals surface area contributed by atoms with Crippen molar-refractivity contribution in [2.75, 3.05) is 6.61 Å². The Morgan fingerprint density at radius 1 is 0.936 bits per heavy atom. The molecule has 5 aliphatic rings. The van der Waals surface area contributed by atoms with Gasteiger partial charge in [-0.3, -0.25) is 28.8 Å². The third-order valence-corrected chi connectivity index (χ3v) is 18.2. The molecule has 432 valence electrons. The second-order valence-corrected chi connectivity index (χ2v) is 24.0. The van der Waals surface area contributed by atoms with Crippen LogP contribution < -0.4 is 27.0 Å². The zero-order chi connectivity index (χ0) is 56.5. The van der Waals surface area contributed by atoms with E-state index in [0.717, 1.165) is 60.8 Å². The van der Waals surface area contributed by atoms with Crippen LogP contribution in [-0.2, 0) is 67.4 Å². The van der Waals surface area contributed by atoms with Crippen LogP contribution >= 0.6 is 0 Å². The van der Waals surface area contributed by atoms with E-state index in [2.05, 4.69) is 72.3 Å². The summed E-state index contributed by atoms with van der Waals surface area (Å²) < 4.78 is 25.2. The molecule has 1 aliphatic heterocycles. The number of allylic oxidation sites excluding steroid dienone is 1. The number of nitrogens with two attached hydrogens (primary N) is 1. The average Bonchev–Trinajstić information content (AvgIpc) is 4.20. The topological polar surface area (TPSA) is 285 Å². The van der Waals surface area contributed by atoms with E-state index in [9.17, 15) is 39.0 Å². The number of aliphatic hydroxyl groups is 2. The zero-order valence-corrected chi connectivity index (χ0v) is 47.1. The zero-order valence-electron chi connectivity index (χ0n) is 47.1. The Labute approximate surface area is 459 Å². The molecule has 2 heterocycles. The normalized spacial score (nSPS) is 31.0. The van der Waals surface area contributed by atoms with Crippen molar-refractivity contribution in [3.63, 3.8) is 0 Å². The molecule has 1 unspecified atom stereocenters. The van der Waals surface area contributed by atoms with Crippen LogP contribution in [0.4, 0.5) is 0 Å². The maximum absolute atomic E-state index is 13.4. The first-order chi connectivity index (χ1) is 37.1. The highest BCUT2D eigenvalue weighted by Crippen LogP contribution is 2.67. The highest BCUT2D eigenvalue weighted by atomic mass is 16.7. The first-order valence-corrected chi connectivity index (χ1v) is 28.6. The number of fused-ring (bicyclic) bond motifs is 5. The fraction of sp³-hybridized carbons (Fsp3) is 0.724. The second kappa shape index (κ2) is 26.8. The van der Waals surface area contributed by atoms with Crippen LogP contribution in [0.25, 0.3) is 0 Å². The molecule has 0 radical (unpaired) electrons. The molecule has 1 saturated heterocycles. The number of ether oxygens (including phenoxy) is 4. The summed E-state index contributed by atoms with van der Waals surface area (Å²) in [5.74, 6) is 0.733. The Hall–Kier alpha value is -5.28. The molecule has 4 aliphatic carbocycles. The van der Waals surface area contributed by atoms with Crippen LogP contribution in [0.1, 0.15) is 150 Å². The second-order valence-electron chi connectivity index (χ2n) is 24.0. The largest absolute Gasteiger partial charge is 0.461 e. The van der Waals surface area contributed by atoms with Gasteiger partial charge in [0.05, 0.1) is 26.0 Å². The SMILES string of the molecule is CC(=O)N[C@H]1C(OCc2ccccc2)O[C@H](CO)[C@@H](O)[C@@H]1O[C@H](C)C(=O)N[C@@H](C)C(=O)N[C@H](CCC(=O)NCc1cn(CC(=O)O[C@H]2CC[C@@]3(C)C(=CC[C@H]4[C@@H]5CC[C@H]([C@H](C)CCCC(C)C)[C@@]5(C)CC[C@@H]43)C2)nn1)C(N)=O. The molecular formula is C58H88N8O12. The molecule has 78 heavy (non-hydrogen) atoms. The van der Waals surface area contributed by atoms with Gasteiger partial charge in [0.2, 0.25) is 29.5 Å². The molecule has 20 nitrogen and oxygen atoms in total. The molecule has 7 rings (SSSR count). The third-order valence-electron chi connectivity index (χ3n) is 18.2. The first kappa shape index (κ1) is 60.4. The lowest BCUT2D eigenvalue weighted by Gasteiger charge is -2.58. The van der Waals surface area contributed by atoms with Crippen LogP contribution in [0, 0.1) is 46.3 Å². The monoisotopic (exact) mass is 1090 g/mol. The lowest BCUT2D eigenvalue weighted by atomic mass is 9.47. The number of amides is 5. The fourth-order valence-electron chi connectivity index (χ4n) is 13.9. The first-order valence-electron chi connectivity index (χ1n) is 28.6. The number of carbonyl (C=O) groups is 6. The molecule has 4 fully saturated rings. The van der Waals surface area contributed by atoms with Gasteiger partial charge in [0.1, 0.15) is 60.9 Å². The van der Waals surface area contributed by atoms with Gasteiger partial charge in [-0.05, 0) is 117 Å². The Kier molecular flexibility index (Phi) is 20.7. The van der Waals surface area contributed by atoms with Gasteiger partial charge in [-0.15, -0.1) is 5.10 Å². The molecule has 20 heteroatoms. The van der Waals surface area contributed by atoms with E-state index in [0.29, 0.717) is 17.0 Å². The lowest BCUT2D eigenvalue weighted by Crippen LogP contribution is -2.66. The van der Waals surface area contributed by atoms with E-state index in [1.165, 1.54) is 76.0 Å². The number of rotatable bonds is 25. The van der Waals surface area contributed by atoms with Crippen LogP contribution in [0.15, 0.2) is 48.2 Å². The molecule has 8 N–H and O–H groups in total. The molecule has 0 bridgehead atoms. The van der Waals surface area contributed by atoms with Crippen LogP contribution in [0.3, 0.4) is 0 Å². The van der Waals surface area contributed by atoms with E-state index >= 15 is 0 Å². The minimum Gasteiger partial charge on any atom is -0.461 e. The molecule has 2 aromatic rings. The maximum atomic E-state index is 13.4. The third kappa shape index (κ3) is 14.7. The van der Waals surface area contributed by atoms with Gasteiger partial charge in [-0.1, -0.05) is 101 Å². The predicted molar refractivity (Wildman–Crippen MR) is 288 cm³/mol. The summed E-state index contributed by atoms with van der Waals surface area (Å²) in [6.45, 7) is 15.6. The van der Waals surface area contributed by atoms with Crippen molar-refractivity contribution in [2.24, 2.45) is 52.1 Å². The van der Waals surface area contributed by atoms with Gasteiger partial charge in [0.15, 0.2) is 6.29 Å². The summed E-state index contributed by atoms with van der Waals surface area (Å²) in [6.07, 6.45) is 10.1. The highest BCUT2D eigenvalue weighted by molar-refractivity contribution is 5.92. The number of nitrogens with zero attached hydrogens (tertiary/aromatic N) is 3. The summed E-state index contributed by atoms with van der Waals surface area (Å²) in [4.78, 5) is 77.4. The van der Waals surface area contributed by atoms with Crippen LogP contribution in [0.2, 0.25) is 0 Å². The Bertz CT molecular complexity index is 2420. The number of benzene rings is 1. The number of aromatic nitrogens is 3. The summed E-state index contributed by atoms with van der Waals surface area (Å²) in [6, 6.07) is 5.52. The van der Waals surface area contributed by atoms with Crippen molar-refractivity contribution < 1.29 is 57.9 Å². The molecule has 3 saturated carbocycles. The Balaban J connectivity index is 0.822. The van der Waals surface area contributed by atoms with E-state index in [1.54, 1.807) is 6.20 Å². The average molecular weight is 1090 g/mol. The number of hydrogen-bond acceptors (Lipinski definition) is 14. The van der Waals surface area contributed by atoms with Crippen LogP contribution in [-0.4, -0.2) is 122 Å². The van der Waals surface area contributed by atoms with Crippen molar-refractivity contribution >= 4 is 35.5 Å². The van der Waals surface area contributed by atoms with Gasteiger partial charge < -0.3 is 56.2 Å². The Morgan fingerprint density at radius 2 is 1.69 bits per heavy atom. The number of nitrogens with one attached hydrogen (secondary N) is 4. The van der Waals surface area contributed by atoms with E-state index in [4.69, 9.17) is 24.7 Å². The van der Waals surface area contributed by atoms with Gasteiger partial charge in [0, 0.05) is 19.8 Å². The smallest absolute Gasteiger partial charge is 0.328 e. The molecule has 1 aromatic carbocycles. The van der Waals surface area contributed by atoms with Crippen molar-refractivity contribution in [3.8, 4) is 0 Å². The minimum atomic E-state index is -1.50. The Morgan fingerprint density at radius 3 is 2.40 bits per heavy atom. The maximum Gasteiger partial charge on any atom is 0.328 e. The van der Waals surface area contributed by atoms with Crippen LogP contribution in [0.5, 0.6) is 0 Å². The van der Waals surface area contributed by atoms with Gasteiger partial charge in [0.25, 0.3) is 0 Å². The van der Waals surface area contributed by atoms with Crippen molar-refractivity contribution in [1.29, 1.82) is 0 Å². The van der Waals surface area contributed by atoms with Crippen molar-refractivity contribution in [2.45, 2.75) is 213 Å². The predicted octanol–water partition coefficient (Wildman–Crippen LogP) is 4.68. The van der Waals surface area contributed by atoms with E-state index < -0.39 is 90.9 Å². The minimum absolute atomic E-state index is 0.0151. The van der Waals surface area contributed by atoms with Crippen molar-refractivity contribution in [3.05, 3.63) is 59.4 Å². The molecule has 1 aromatic heterocycles. The van der Waals surface area contributed by atoms with Crippen molar-refractivity contribution in [1.82, 2.24) is 36.3 Å². The van der Waals surface area contributed by atoms with E-state index in [1.807, 2.05) is 30.3 Å². The van der Waals surface area contributed by atoms with Gasteiger partial charge in [-0.2, -0.15) is 0 Å². The quantitative estimate of drug-likeness (QED) is 0.0526. The molecule has 0 spiro atoms. The molecule has 5 amide bonds. The summed E-state index contributed by atoms with van der Waals surface area (Å²) >= 11 is 0. The summed E-state index contributed by atoms with van der Waals surface area (Å²) in [5.41, 5.74) is 8.82.